The predicted octanol–water partition coefficient (Wildman–Crippen LogP) is 3.45. The third-order valence-electron chi connectivity index (χ3n) is 3.83. The Bertz CT molecular complexity index is 865. The smallest absolute Gasteiger partial charge is 0.366 e. The number of benzene rings is 2. The van der Waals surface area contributed by atoms with Gasteiger partial charge >= 0.3 is 6.18 Å². The topological polar surface area (TPSA) is 46.6 Å². The molecule has 0 unspecified atom stereocenters. The highest BCUT2D eigenvalue weighted by Gasteiger charge is 2.46. The van der Waals surface area contributed by atoms with E-state index in [9.17, 15) is 21.6 Å². The first kappa shape index (κ1) is 17.5. The zero-order valence-corrected chi connectivity index (χ0v) is 13.8. The first-order valence-electron chi connectivity index (χ1n) is 7.07. The van der Waals surface area contributed by atoms with Crippen LogP contribution >= 0.6 is 11.6 Å². The highest BCUT2D eigenvalue weighted by molar-refractivity contribution is 7.89. The van der Waals surface area contributed by atoms with Gasteiger partial charge in [0.2, 0.25) is 10.0 Å². The normalized spacial score (nSPS) is 20.4. The third-order valence-corrected chi connectivity index (χ3v) is 6.05. The molecule has 0 saturated carbocycles. The Balaban J connectivity index is 2.06. The van der Waals surface area contributed by atoms with Crippen molar-refractivity contribution in [3.05, 3.63) is 41.4 Å². The molecule has 1 aliphatic rings. The molecule has 0 radical (unpaired) electrons. The molecule has 3 rings (SSSR count). The van der Waals surface area contributed by atoms with Crippen molar-refractivity contribution >= 4 is 32.4 Å². The van der Waals surface area contributed by atoms with Gasteiger partial charge in [0.1, 0.15) is 0 Å². The fourth-order valence-corrected chi connectivity index (χ4v) is 4.66. The maximum absolute atomic E-state index is 12.9. The molecule has 130 valence electrons. The molecule has 0 aliphatic carbocycles. The van der Waals surface area contributed by atoms with Crippen molar-refractivity contribution in [2.45, 2.75) is 17.2 Å². The first-order valence-corrected chi connectivity index (χ1v) is 8.89. The largest absolute Gasteiger partial charge is 0.415 e. The van der Waals surface area contributed by atoms with Crippen LogP contribution in [0.1, 0.15) is 0 Å². The van der Waals surface area contributed by atoms with E-state index in [1.54, 1.807) is 24.3 Å². The average Bonchev–Trinajstić information content (AvgIpc) is 2.54. The van der Waals surface area contributed by atoms with Crippen LogP contribution in [0, 0.1) is 0 Å². The van der Waals surface area contributed by atoms with Crippen LogP contribution in [0.2, 0.25) is 5.02 Å². The standard InChI is InChI=1S/C15H13ClF3NO3S/c16-11-5-1-3-10-4-2-6-12(14(10)11)24(21,22)20-7-8-23-13(9-20)15(17,18)19/h1-6,13H,7-9H2/t13-/m1/s1. The van der Waals surface area contributed by atoms with Gasteiger partial charge in [0.15, 0.2) is 6.10 Å². The zero-order chi connectivity index (χ0) is 17.5. The number of nitrogens with zero attached hydrogens (tertiary/aromatic N) is 1. The van der Waals surface area contributed by atoms with Crippen molar-refractivity contribution in [1.29, 1.82) is 0 Å². The molecule has 9 heteroatoms. The van der Waals surface area contributed by atoms with Gasteiger partial charge in [0.25, 0.3) is 0 Å². The lowest BCUT2D eigenvalue weighted by Gasteiger charge is -2.33. The second kappa shape index (κ2) is 6.18. The minimum atomic E-state index is -4.62. The Hall–Kier alpha value is -1.35. The number of rotatable bonds is 2. The molecule has 1 atom stereocenters. The minimum Gasteiger partial charge on any atom is -0.366 e. The molecule has 4 nitrogen and oxygen atoms in total. The van der Waals surface area contributed by atoms with Crippen molar-refractivity contribution in [2.75, 3.05) is 19.7 Å². The van der Waals surface area contributed by atoms with Crippen LogP contribution in [0.5, 0.6) is 0 Å². The maximum Gasteiger partial charge on any atom is 0.415 e. The lowest BCUT2D eigenvalue weighted by molar-refractivity contribution is -0.231. The molecular formula is C15H13ClF3NO3S. The van der Waals surface area contributed by atoms with E-state index < -0.39 is 28.8 Å². The molecule has 24 heavy (non-hydrogen) atoms. The summed E-state index contributed by atoms with van der Waals surface area (Å²) in [5.41, 5.74) is 0. The molecule has 1 aliphatic heterocycles. The van der Waals surface area contributed by atoms with Crippen LogP contribution in [0.3, 0.4) is 0 Å². The van der Waals surface area contributed by atoms with Crippen LogP contribution in [0.15, 0.2) is 41.3 Å². The minimum absolute atomic E-state index is 0.103. The number of sulfonamides is 1. The second-order valence-electron chi connectivity index (χ2n) is 5.36. The fourth-order valence-electron chi connectivity index (χ4n) is 2.66. The van der Waals surface area contributed by atoms with E-state index in [1.165, 1.54) is 12.1 Å². The summed E-state index contributed by atoms with van der Waals surface area (Å²) in [5, 5.41) is 1.13. The molecule has 2 aromatic rings. The summed E-state index contributed by atoms with van der Waals surface area (Å²) in [6.45, 7) is -1.23. The van der Waals surface area contributed by atoms with Crippen LogP contribution in [-0.2, 0) is 14.8 Å². The third kappa shape index (κ3) is 3.11. The van der Waals surface area contributed by atoms with Gasteiger partial charge in [-0.25, -0.2) is 8.42 Å². The molecule has 2 aromatic carbocycles. The van der Waals surface area contributed by atoms with Crippen molar-refractivity contribution in [1.82, 2.24) is 4.31 Å². The fraction of sp³-hybridized carbons (Fsp3) is 0.333. The van der Waals surface area contributed by atoms with Gasteiger partial charge in [0, 0.05) is 23.5 Å². The SMILES string of the molecule is O=S(=O)(c1cccc2cccc(Cl)c12)N1CCO[C@@H](C(F)(F)F)C1. The van der Waals surface area contributed by atoms with Gasteiger partial charge < -0.3 is 4.74 Å². The van der Waals surface area contributed by atoms with E-state index in [4.69, 9.17) is 11.6 Å². The van der Waals surface area contributed by atoms with E-state index in [-0.39, 0.29) is 23.1 Å². The molecule has 1 heterocycles. The summed E-state index contributed by atoms with van der Waals surface area (Å²) >= 11 is 6.12. The Morgan fingerprint density at radius 2 is 1.83 bits per heavy atom. The summed E-state index contributed by atoms with van der Waals surface area (Å²) < 4.78 is 69.8. The Labute approximate surface area is 141 Å². The molecule has 1 fully saturated rings. The van der Waals surface area contributed by atoms with Gasteiger partial charge in [-0.05, 0) is 17.5 Å². The molecular weight excluding hydrogens is 367 g/mol. The number of hydrogen-bond donors (Lipinski definition) is 0. The van der Waals surface area contributed by atoms with Gasteiger partial charge in [-0.15, -0.1) is 0 Å². The molecule has 0 bridgehead atoms. The van der Waals surface area contributed by atoms with Gasteiger partial charge in [0.05, 0.1) is 11.5 Å². The Morgan fingerprint density at radius 3 is 2.50 bits per heavy atom. The molecule has 0 aromatic heterocycles. The molecule has 1 saturated heterocycles. The van der Waals surface area contributed by atoms with Crippen LogP contribution in [0.4, 0.5) is 13.2 Å². The van der Waals surface area contributed by atoms with Gasteiger partial charge in [-0.3, -0.25) is 0 Å². The summed E-state index contributed by atoms with van der Waals surface area (Å²) in [6, 6.07) is 9.49. The maximum atomic E-state index is 12.9. The van der Waals surface area contributed by atoms with Crippen LogP contribution in [0.25, 0.3) is 10.8 Å². The van der Waals surface area contributed by atoms with Gasteiger partial charge in [-0.1, -0.05) is 35.9 Å². The predicted molar refractivity (Wildman–Crippen MR) is 83.5 cm³/mol. The molecule has 0 amide bonds. The highest BCUT2D eigenvalue weighted by Crippen LogP contribution is 2.33. The highest BCUT2D eigenvalue weighted by atomic mass is 35.5. The van der Waals surface area contributed by atoms with Crippen molar-refractivity contribution in [2.24, 2.45) is 0 Å². The van der Waals surface area contributed by atoms with E-state index >= 15 is 0 Å². The van der Waals surface area contributed by atoms with E-state index in [2.05, 4.69) is 4.74 Å². The number of hydrogen-bond acceptors (Lipinski definition) is 3. The quantitative estimate of drug-likeness (QED) is 0.803. The van der Waals surface area contributed by atoms with E-state index in [1.807, 2.05) is 0 Å². The van der Waals surface area contributed by atoms with Gasteiger partial charge in [-0.2, -0.15) is 17.5 Å². The van der Waals surface area contributed by atoms with Crippen molar-refractivity contribution in [3.8, 4) is 0 Å². The van der Waals surface area contributed by atoms with Crippen LogP contribution < -0.4 is 0 Å². The Morgan fingerprint density at radius 1 is 1.17 bits per heavy atom. The average molecular weight is 380 g/mol. The van der Waals surface area contributed by atoms with Crippen molar-refractivity contribution < 1.29 is 26.3 Å². The number of halogens is 4. The lowest BCUT2D eigenvalue weighted by Crippen LogP contribution is -2.51. The summed E-state index contributed by atoms with van der Waals surface area (Å²) in [4.78, 5) is -0.103. The molecule has 0 spiro atoms. The van der Waals surface area contributed by atoms with E-state index in [0.717, 1.165) is 4.31 Å². The first-order chi connectivity index (χ1) is 11.2. The number of morpholine rings is 1. The Kier molecular flexibility index (Phi) is 4.50. The van der Waals surface area contributed by atoms with Crippen LogP contribution in [-0.4, -0.2) is 44.7 Å². The summed E-state index contributed by atoms with van der Waals surface area (Å²) in [5.74, 6) is 0. The zero-order valence-electron chi connectivity index (χ0n) is 12.3. The van der Waals surface area contributed by atoms with Crippen molar-refractivity contribution in [3.63, 3.8) is 0 Å². The number of fused-ring (bicyclic) bond motifs is 1. The monoisotopic (exact) mass is 379 g/mol. The summed E-state index contributed by atoms with van der Waals surface area (Å²) in [7, 11) is -4.14. The number of ether oxygens (including phenoxy) is 1. The second-order valence-corrected chi connectivity index (χ2v) is 7.67. The lowest BCUT2D eigenvalue weighted by atomic mass is 10.1. The summed E-state index contributed by atoms with van der Waals surface area (Å²) in [6.07, 6.45) is -6.75. The molecule has 0 N–H and O–H groups in total. The van der Waals surface area contributed by atoms with E-state index in [0.29, 0.717) is 10.8 Å². The number of alkyl halides is 3.